The number of hydrogen-bond acceptors (Lipinski definition) is 5. The van der Waals surface area contributed by atoms with E-state index in [1.807, 2.05) is 0 Å². The van der Waals surface area contributed by atoms with Gasteiger partial charge in [0, 0.05) is 13.2 Å². The Morgan fingerprint density at radius 2 is 2.15 bits per heavy atom. The third-order valence-electron chi connectivity index (χ3n) is 2.78. The average Bonchev–Trinajstić information content (AvgIpc) is 3.07. The normalized spacial score (nSPS) is 10.7. The monoisotopic (exact) mass is 270 g/mol. The average molecular weight is 270 g/mol. The van der Waals surface area contributed by atoms with Crippen LogP contribution in [0, 0.1) is 0 Å². The van der Waals surface area contributed by atoms with Gasteiger partial charge in [0.2, 0.25) is 5.82 Å². The lowest BCUT2D eigenvalue weighted by atomic mass is 10.1. The van der Waals surface area contributed by atoms with Crippen molar-refractivity contribution in [1.29, 1.82) is 0 Å². The van der Waals surface area contributed by atoms with Crippen LogP contribution in [0.4, 0.5) is 0 Å². The van der Waals surface area contributed by atoms with Crippen LogP contribution in [0.15, 0.2) is 41.2 Å². The largest absolute Gasteiger partial charge is 0.478 e. The molecule has 0 aliphatic heterocycles. The maximum atomic E-state index is 11.2. The van der Waals surface area contributed by atoms with Gasteiger partial charge < -0.3 is 9.63 Å². The molecule has 0 bridgehead atoms. The van der Waals surface area contributed by atoms with Gasteiger partial charge in [0.15, 0.2) is 0 Å². The number of benzene rings is 1. The predicted octanol–water partition coefficient (Wildman–Crippen LogP) is 1.84. The highest BCUT2D eigenvalue weighted by atomic mass is 16.5. The fraction of sp³-hybridized carbons (Fsp3) is 0.0769. The second-order valence-corrected chi connectivity index (χ2v) is 4.18. The molecule has 0 radical (unpaired) electrons. The van der Waals surface area contributed by atoms with Gasteiger partial charge in [-0.15, -0.1) is 0 Å². The lowest BCUT2D eigenvalue weighted by Crippen LogP contribution is -1.99. The highest BCUT2D eigenvalue weighted by molar-refractivity contribution is 5.94. The van der Waals surface area contributed by atoms with Gasteiger partial charge in [-0.1, -0.05) is 17.3 Å². The van der Waals surface area contributed by atoms with Crippen molar-refractivity contribution in [3.8, 4) is 22.8 Å². The Balaban J connectivity index is 2.05. The number of hydrogen-bond donors (Lipinski definition) is 1. The molecule has 0 fully saturated rings. The highest BCUT2D eigenvalue weighted by Crippen LogP contribution is 2.24. The molecule has 7 nitrogen and oxygen atoms in total. The van der Waals surface area contributed by atoms with Crippen molar-refractivity contribution in [2.75, 3.05) is 0 Å². The molecule has 0 saturated carbocycles. The fourth-order valence-corrected chi connectivity index (χ4v) is 1.84. The minimum absolute atomic E-state index is 0.119. The van der Waals surface area contributed by atoms with E-state index in [0.717, 1.165) is 0 Å². The number of nitrogens with zero attached hydrogens (tertiary/aromatic N) is 4. The van der Waals surface area contributed by atoms with Gasteiger partial charge in [-0.05, 0) is 12.1 Å². The molecule has 0 unspecified atom stereocenters. The quantitative estimate of drug-likeness (QED) is 0.780. The molecule has 3 aromatic rings. The number of aromatic carboxylic acids is 1. The molecule has 0 spiro atoms. The third kappa shape index (κ3) is 2.05. The Kier molecular flexibility index (Phi) is 2.79. The molecule has 0 saturated heterocycles. The molecule has 2 aromatic heterocycles. The number of aromatic nitrogens is 4. The van der Waals surface area contributed by atoms with E-state index in [1.165, 1.54) is 6.07 Å². The SMILES string of the molecule is Cn1cc(-c2noc(-c3ccccc3C(=O)O)n2)cn1. The summed E-state index contributed by atoms with van der Waals surface area (Å²) in [6.45, 7) is 0. The van der Waals surface area contributed by atoms with Crippen molar-refractivity contribution < 1.29 is 14.4 Å². The van der Waals surface area contributed by atoms with Crippen LogP contribution < -0.4 is 0 Å². The van der Waals surface area contributed by atoms with Crippen LogP contribution in [0.25, 0.3) is 22.8 Å². The molecule has 3 rings (SSSR count). The lowest BCUT2D eigenvalue weighted by Gasteiger charge is -1.99. The van der Waals surface area contributed by atoms with Crippen LogP contribution in [0.2, 0.25) is 0 Å². The van der Waals surface area contributed by atoms with Crippen LogP contribution in [-0.2, 0) is 7.05 Å². The van der Waals surface area contributed by atoms with Gasteiger partial charge >= 0.3 is 5.97 Å². The van der Waals surface area contributed by atoms with Crippen molar-refractivity contribution in [2.24, 2.45) is 7.05 Å². The molecule has 0 aliphatic rings. The first kappa shape index (κ1) is 12.1. The summed E-state index contributed by atoms with van der Waals surface area (Å²) >= 11 is 0. The number of carbonyl (C=O) groups is 1. The first-order valence-electron chi connectivity index (χ1n) is 5.80. The molecule has 1 aromatic carbocycles. The zero-order chi connectivity index (χ0) is 14.1. The van der Waals surface area contributed by atoms with Gasteiger partial charge in [0.1, 0.15) is 0 Å². The smallest absolute Gasteiger partial charge is 0.336 e. The Morgan fingerprint density at radius 3 is 2.85 bits per heavy atom. The van der Waals surface area contributed by atoms with Crippen molar-refractivity contribution in [2.45, 2.75) is 0 Å². The summed E-state index contributed by atoms with van der Waals surface area (Å²) in [5.41, 5.74) is 1.21. The van der Waals surface area contributed by atoms with E-state index in [0.29, 0.717) is 17.0 Å². The van der Waals surface area contributed by atoms with Crippen molar-refractivity contribution in [1.82, 2.24) is 19.9 Å². The molecule has 20 heavy (non-hydrogen) atoms. The number of carboxylic acids is 1. The summed E-state index contributed by atoms with van der Waals surface area (Å²) in [6.07, 6.45) is 3.36. The van der Waals surface area contributed by atoms with Gasteiger partial charge in [-0.3, -0.25) is 4.68 Å². The van der Waals surface area contributed by atoms with Crippen molar-refractivity contribution >= 4 is 5.97 Å². The molecule has 1 N–H and O–H groups in total. The van der Waals surface area contributed by atoms with Crippen molar-refractivity contribution in [3.63, 3.8) is 0 Å². The minimum atomic E-state index is -1.04. The number of carboxylic acid groups (broad SMARTS) is 1. The van der Waals surface area contributed by atoms with E-state index in [2.05, 4.69) is 15.2 Å². The van der Waals surface area contributed by atoms with E-state index in [1.54, 1.807) is 42.3 Å². The van der Waals surface area contributed by atoms with Crippen LogP contribution >= 0.6 is 0 Å². The maximum Gasteiger partial charge on any atom is 0.336 e. The second kappa shape index (κ2) is 4.61. The van der Waals surface area contributed by atoms with E-state index in [4.69, 9.17) is 9.63 Å². The standard InChI is InChI=1S/C13H10N4O3/c1-17-7-8(6-14-17)11-15-12(20-16-11)9-4-2-3-5-10(9)13(18)19/h2-7H,1H3,(H,18,19). The summed E-state index contributed by atoms with van der Waals surface area (Å²) in [4.78, 5) is 15.4. The van der Waals surface area contributed by atoms with Gasteiger partial charge in [0.05, 0.1) is 22.9 Å². The van der Waals surface area contributed by atoms with Crippen LogP contribution in [0.3, 0.4) is 0 Å². The zero-order valence-electron chi connectivity index (χ0n) is 10.5. The number of aryl methyl sites for hydroxylation is 1. The Labute approximate surface area is 113 Å². The van der Waals surface area contributed by atoms with Gasteiger partial charge in [-0.25, -0.2) is 4.79 Å². The van der Waals surface area contributed by atoms with Gasteiger partial charge in [0.25, 0.3) is 5.89 Å². The lowest BCUT2D eigenvalue weighted by molar-refractivity contribution is 0.0697. The molecule has 7 heteroatoms. The fourth-order valence-electron chi connectivity index (χ4n) is 1.84. The Hall–Kier alpha value is -2.96. The summed E-state index contributed by atoms with van der Waals surface area (Å²) in [5, 5.41) is 17.0. The summed E-state index contributed by atoms with van der Waals surface area (Å²) in [5.74, 6) is -0.503. The molecular formula is C13H10N4O3. The van der Waals surface area contributed by atoms with Crippen LogP contribution in [0.5, 0.6) is 0 Å². The topological polar surface area (TPSA) is 94.0 Å². The van der Waals surface area contributed by atoms with E-state index in [9.17, 15) is 4.79 Å². The molecule has 100 valence electrons. The molecule has 2 heterocycles. The zero-order valence-corrected chi connectivity index (χ0v) is 10.5. The summed E-state index contributed by atoms with van der Waals surface area (Å²) < 4.78 is 6.77. The summed E-state index contributed by atoms with van der Waals surface area (Å²) in [6, 6.07) is 6.48. The predicted molar refractivity (Wildman–Crippen MR) is 68.9 cm³/mol. The number of rotatable bonds is 3. The van der Waals surface area contributed by atoms with E-state index < -0.39 is 5.97 Å². The van der Waals surface area contributed by atoms with Crippen molar-refractivity contribution in [3.05, 3.63) is 42.2 Å². The highest BCUT2D eigenvalue weighted by Gasteiger charge is 2.17. The molecule has 0 amide bonds. The summed E-state index contributed by atoms with van der Waals surface area (Å²) in [7, 11) is 1.78. The van der Waals surface area contributed by atoms with E-state index in [-0.39, 0.29) is 11.5 Å². The van der Waals surface area contributed by atoms with Gasteiger partial charge in [-0.2, -0.15) is 10.1 Å². The molecular weight excluding hydrogens is 260 g/mol. The first-order chi connectivity index (χ1) is 9.65. The minimum Gasteiger partial charge on any atom is -0.478 e. The third-order valence-corrected chi connectivity index (χ3v) is 2.78. The Bertz CT molecular complexity index is 775. The first-order valence-corrected chi connectivity index (χ1v) is 5.80. The maximum absolute atomic E-state index is 11.2. The molecule has 0 atom stereocenters. The Morgan fingerprint density at radius 1 is 1.35 bits per heavy atom. The van der Waals surface area contributed by atoms with Crippen LogP contribution in [0.1, 0.15) is 10.4 Å². The van der Waals surface area contributed by atoms with Crippen LogP contribution in [-0.4, -0.2) is 31.0 Å². The van der Waals surface area contributed by atoms with E-state index >= 15 is 0 Å². The second-order valence-electron chi connectivity index (χ2n) is 4.18. The molecule has 0 aliphatic carbocycles.